The van der Waals surface area contributed by atoms with Crippen molar-refractivity contribution in [1.82, 2.24) is 14.9 Å². The zero-order valence-electron chi connectivity index (χ0n) is 16.6. The second kappa shape index (κ2) is 8.39. The van der Waals surface area contributed by atoms with Crippen molar-refractivity contribution >= 4 is 17.7 Å². The lowest BCUT2D eigenvalue weighted by Crippen LogP contribution is -2.40. The highest BCUT2D eigenvalue weighted by Crippen LogP contribution is 2.32. The van der Waals surface area contributed by atoms with Crippen LogP contribution in [0.4, 0.5) is 11.8 Å². The molecule has 0 radical (unpaired) electrons. The molecule has 8 heteroatoms. The van der Waals surface area contributed by atoms with Crippen molar-refractivity contribution in [1.29, 1.82) is 0 Å². The Bertz CT molecular complexity index is 661. The van der Waals surface area contributed by atoms with Gasteiger partial charge in [-0.3, -0.25) is 4.79 Å². The quantitative estimate of drug-likeness (QED) is 0.740. The van der Waals surface area contributed by atoms with Crippen molar-refractivity contribution in [2.75, 3.05) is 56.2 Å². The number of carboxylic acids is 1. The molecule has 1 atom stereocenters. The number of rotatable bonds is 7. The highest BCUT2D eigenvalue weighted by Gasteiger charge is 2.35. The number of nitrogens with one attached hydrogen (secondary N) is 1. The van der Waals surface area contributed by atoms with E-state index >= 15 is 0 Å². The summed E-state index contributed by atoms with van der Waals surface area (Å²) >= 11 is 0. The lowest BCUT2D eigenvalue weighted by Gasteiger charge is -2.32. The van der Waals surface area contributed by atoms with E-state index in [9.17, 15) is 9.90 Å². The molecule has 2 aliphatic rings. The van der Waals surface area contributed by atoms with Crippen LogP contribution in [-0.2, 0) is 14.9 Å². The summed E-state index contributed by atoms with van der Waals surface area (Å²) < 4.78 is 5.44. The minimum atomic E-state index is -1.06. The largest absolute Gasteiger partial charge is 0.481 e. The second-order valence-electron chi connectivity index (χ2n) is 7.89. The maximum Gasteiger partial charge on any atom is 0.313 e. The maximum absolute atomic E-state index is 11.8. The predicted octanol–water partition coefficient (Wildman–Crippen LogP) is 1.57. The fraction of sp³-hybridized carbons (Fsp3) is 0.737. The molecule has 0 amide bonds. The van der Waals surface area contributed by atoms with Crippen LogP contribution in [0.3, 0.4) is 0 Å². The van der Waals surface area contributed by atoms with Gasteiger partial charge in [-0.2, -0.15) is 4.98 Å². The van der Waals surface area contributed by atoms with Crippen molar-refractivity contribution in [2.45, 2.75) is 45.1 Å². The zero-order chi connectivity index (χ0) is 19.4. The monoisotopic (exact) mass is 377 g/mol. The molecular formula is C19H31N5O3. The molecule has 150 valence electrons. The first kappa shape index (κ1) is 19.8. The Morgan fingerprint density at radius 3 is 2.78 bits per heavy atom. The van der Waals surface area contributed by atoms with E-state index in [-0.39, 0.29) is 0 Å². The number of morpholine rings is 1. The number of hydrogen-bond donors (Lipinski definition) is 2. The van der Waals surface area contributed by atoms with Crippen LogP contribution in [0.1, 0.15) is 39.2 Å². The molecule has 0 spiro atoms. The average Bonchev–Trinajstić information content (AvgIpc) is 3.09. The molecule has 0 aromatic carbocycles. The van der Waals surface area contributed by atoms with Gasteiger partial charge in [0.15, 0.2) is 0 Å². The Morgan fingerprint density at radius 2 is 2.11 bits per heavy atom. The van der Waals surface area contributed by atoms with Crippen molar-refractivity contribution < 1.29 is 14.6 Å². The fourth-order valence-corrected chi connectivity index (χ4v) is 3.67. The SMILES string of the molecule is CCCN1CCC(Nc2ncc(C(C)(C)C(=O)O)c(N3CCOCC3)n2)C1. The van der Waals surface area contributed by atoms with E-state index < -0.39 is 11.4 Å². The summed E-state index contributed by atoms with van der Waals surface area (Å²) in [7, 11) is 0. The van der Waals surface area contributed by atoms with E-state index in [4.69, 9.17) is 9.72 Å². The maximum atomic E-state index is 11.8. The van der Waals surface area contributed by atoms with Gasteiger partial charge in [0.05, 0.1) is 18.6 Å². The number of ether oxygens (including phenoxy) is 1. The first-order valence-corrected chi connectivity index (χ1v) is 9.84. The minimum absolute atomic E-state index is 0.326. The molecule has 3 rings (SSSR count). The molecule has 8 nitrogen and oxygen atoms in total. The predicted molar refractivity (Wildman–Crippen MR) is 104 cm³/mol. The lowest BCUT2D eigenvalue weighted by molar-refractivity contribution is -0.142. The molecular weight excluding hydrogens is 346 g/mol. The smallest absolute Gasteiger partial charge is 0.313 e. The Kier molecular flexibility index (Phi) is 6.16. The van der Waals surface area contributed by atoms with E-state index in [0.717, 1.165) is 32.5 Å². The topological polar surface area (TPSA) is 90.8 Å². The van der Waals surface area contributed by atoms with Crippen molar-refractivity contribution in [2.24, 2.45) is 0 Å². The van der Waals surface area contributed by atoms with Gasteiger partial charge < -0.3 is 25.0 Å². The van der Waals surface area contributed by atoms with Crippen molar-refractivity contribution in [3.63, 3.8) is 0 Å². The van der Waals surface area contributed by atoms with E-state index in [1.54, 1.807) is 20.0 Å². The third-order valence-electron chi connectivity index (χ3n) is 5.43. The van der Waals surface area contributed by atoms with Crippen LogP contribution in [0.2, 0.25) is 0 Å². The summed E-state index contributed by atoms with van der Waals surface area (Å²) in [6.45, 7) is 11.4. The zero-order valence-corrected chi connectivity index (χ0v) is 16.6. The molecule has 1 aromatic heterocycles. The summed E-state index contributed by atoms with van der Waals surface area (Å²) in [6, 6.07) is 0.326. The van der Waals surface area contributed by atoms with Crippen LogP contribution in [0, 0.1) is 0 Å². The van der Waals surface area contributed by atoms with E-state index in [1.165, 1.54) is 0 Å². The Morgan fingerprint density at radius 1 is 1.37 bits per heavy atom. The van der Waals surface area contributed by atoms with Gasteiger partial charge in [-0.15, -0.1) is 0 Å². The molecule has 0 bridgehead atoms. The van der Waals surface area contributed by atoms with Gasteiger partial charge in [0.25, 0.3) is 0 Å². The van der Waals surface area contributed by atoms with Gasteiger partial charge >= 0.3 is 5.97 Å². The summed E-state index contributed by atoms with van der Waals surface area (Å²) in [5.41, 5.74) is -0.418. The highest BCUT2D eigenvalue weighted by atomic mass is 16.5. The number of carbonyl (C=O) groups is 1. The van der Waals surface area contributed by atoms with Gasteiger partial charge in [0.1, 0.15) is 5.82 Å². The Hall–Kier alpha value is -1.93. The van der Waals surface area contributed by atoms with Crippen LogP contribution in [0.15, 0.2) is 6.20 Å². The first-order chi connectivity index (χ1) is 12.9. The van der Waals surface area contributed by atoms with Gasteiger partial charge in [-0.1, -0.05) is 6.92 Å². The molecule has 1 aromatic rings. The Labute approximate surface area is 160 Å². The Balaban J connectivity index is 1.83. The highest BCUT2D eigenvalue weighted by molar-refractivity contribution is 5.82. The second-order valence-corrected chi connectivity index (χ2v) is 7.89. The summed E-state index contributed by atoms with van der Waals surface area (Å²) in [5.74, 6) is 0.392. The molecule has 0 saturated carbocycles. The number of hydrogen-bond acceptors (Lipinski definition) is 7. The molecule has 2 saturated heterocycles. The molecule has 3 heterocycles. The van der Waals surface area contributed by atoms with Gasteiger partial charge in [-0.05, 0) is 33.2 Å². The van der Waals surface area contributed by atoms with Crippen molar-refractivity contribution in [3.05, 3.63) is 11.8 Å². The molecule has 2 N–H and O–H groups in total. The van der Waals surface area contributed by atoms with Gasteiger partial charge in [0, 0.05) is 44.0 Å². The summed E-state index contributed by atoms with van der Waals surface area (Å²) in [6.07, 6.45) is 3.90. The van der Waals surface area contributed by atoms with Crippen LogP contribution in [0.25, 0.3) is 0 Å². The fourth-order valence-electron chi connectivity index (χ4n) is 3.67. The first-order valence-electron chi connectivity index (χ1n) is 9.84. The molecule has 27 heavy (non-hydrogen) atoms. The summed E-state index contributed by atoms with van der Waals surface area (Å²) in [5, 5.41) is 13.1. The van der Waals surface area contributed by atoms with Crippen LogP contribution in [0.5, 0.6) is 0 Å². The molecule has 1 unspecified atom stereocenters. The minimum Gasteiger partial charge on any atom is -0.481 e. The van der Waals surface area contributed by atoms with Crippen molar-refractivity contribution in [3.8, 4) is 0 Å². The number of nitrogens with zero attached hydrogens (tertiary/aromatic N) is 4. The number of anilines is 2. The number of carboxylic acid groups (broad SMARTS) is 1. The van der Waals surface area contributed by atoms with Crippen LogP contribution in [-0.4, -0.2) is 77.9 Å². The van der Waals surface area contributed by atoms with Gasteiger partial charge in [-0.25, -0.2) is 4.98 Å². The van der Waals surface area contributed by atoms with Gasteiger partial charge in [0.2, 0.25) is 5.95 Å². The summed E-state index contributed by atoms with van der Waals surface area (Å²) in [4.78, 5) is 25.6. The van der Waals surface area contributed by atoms with Crippen LogP contribution >= 0.6 is 0 Å². The standard InChI is InChI=1S/C19H31N5O3/c1-4-6-23-7-5-14(13-23)21-18-20-12-15(19(2,3)17(25)26)16(22-18)24-8-10-27-11-9-24/h12,14H,4-11,13H2,1-3H3,(H,25,26)(H,20,21,22). The van der Waals surface area contributed by atoms with E-state index in [2.05, 4.69) is 27.0 Å². The third-order valence-corrected chi connectivity index (χ3v) is 5.43. The van der Waals surface area contributed by atoms with E-state index in [1.807, 2.05) is 0 Å². The molecule has 0 aliphatic carbocycles. The molecule has 2 aliphatic heterocycles. The van der Waals surface area contributed by atoms with E-state index in [0.29, 0.717) is 49.7 Å². The number of likely N-dealkylation sites (tertiary alicyclic amines) is 1. The third kappa shape index (κ3) is 4.50. The van der Waals surface area contributed by atoms with Crippen LogP contribution < -0.4 is 10.2 Å². The number of aliphatic carboxylic acids is 1. The normalized spacial score (nSPS) is 21.4. The lowest BCUT2D eigenvalue weighted by atomic mass is 9.85. The molecule has 2 fully saturated rings. The average molecular weight is 377 g/mol. The number of aromatic nitrogens is 2.